The van der Waals surface area contributed by atoms with Crippen LogP contribution < -0.4 is 11.1 Å². The largest absolute Gasteiger partial charge is 0.352 e. The molecule has 5 nitrogen and oxygen atoms in total. The monoisotopic (exact) mass is 405 g/mol. The van der Waals surface area contributed by atoms with Gasteiger partial charge in [-0.3, -0.25) is 9.59 Å². The van der Waals surface area contributed by atoms with E-state index in [0.29, 0.717) is 37.4 Å². The molecule has 28 heavy (non-hydrogen) atoms. The molecule has 3 fully saturated rings. The van der Waals surface area contributed by atoms with Gasteiger partial charge in [0.25, 0.3) is 0 Å². The maximum absolute atomic E-state index is 12.8. The van der Waals surface area contributed by atoms with Crippen LogP contribution in [0, 0.1) is 17.8 Å². The molecule has 4 rings (SSSR count). The zero-order chi connectivity index (χ0) is 18.8. The van der Waals surface area contributed by atoms with Crippen molar-refractivity contribution < 1.29 is 9.59 Å². The number of hydrogen-bond donors (Lipinski definition) is 2. The van der Waals surface area contributed by atoms with Crippen molar-refractivity contribution in [1.29, 1.82) is 0 Å². The molecule has 2 aliphatic carbocycles. The zero-order valence-electron chi connectivity index (χ0n) is 16.4. The van der Waals surface area contributed by atoms with Gasteiger partial charge in [-0.25, -0.2) is 0 Å². The fourth-order valence-electron chi connectivity index (χ4n) is 5.29. The molecular formula is C22H32ClN3O2. The summed E-state index contributed by atoms with van der Waals surface area (Å²) in [6.07, 6.45) is 7.10. The Morgan fingerprint density at radius 1 is 1.11 bits per heavy atom. The lowest BCUT2D eigenvalue weighted by molar-refractivity contribution is -0.129. The van der Waals surface area contributed by atoms with Gasteiger partial charge >= 0.3 is 0 Å². The summed E-state index contributed by atoms with van der Waals surface area (Å²) < 4.78 is 0. The van der Waals surface area contributed by atoms with Crippen LogP contribution in [0.25, 0.3) is 0 Å². The van der Waals surface area contributed by atoms with Gasteiger partial charge in [0.15, 0.2) is 0 Å². The predicted octanol–water partition coefficient (Wildman–Crippen LogP) is 3.00. The number of nitrogens with one attached hydrogen (secondary N) is 1. The molecule has 2 saturated carbocycles. The molecule has 2 amide bonds. The number of hydrogen-bond acceptors (Lipinski definition) is 3. The number of fused-ring (bicyclic) bond motifs is 2. The first kappa shape index (κ1) is 21.1. The minimum absolute atomic E-state index is 0. The van der Waals surface area contributed by atoms with Crippen LogP contribution in [-0.4, -0.2) is 29.3 Å². The van der Waals surface area contributed by atoms with Crippen LogP contribution in [0.4, 0.5) is 0 Å². The molecule has 1 saturated heterocycles. The van der Waals surface area contributed by atoms with Gasteiger partial charge in [0.05, 0.1) is 0 Å². The van der Waals surface area contributed by atoms with Gasteiger partial charge < -0.3 is 16.0 Å². The molecular weight excluding hydrogens is 374 g/mol. The number of nitrogens with zero attached hydrogens (tertiary/aromatic N) is 1. The Labute approximate surface area is 173 Å². The second kappa shape index (κ2) is 9.27. The van der Waals surface area contributed by atoms with Crippen LogP contribution in [0.15, 0.2) is 24.3 Å². The summed E-state index contributed by atoms with van der Waals surface area (Å²) in [7, 11) is 0. The molecule has 0 spiro atoms. The van der Waals surface area contributed by atoms with Gasteiger partial charge in [0.2, 0.25) is 11.8 Å². The van der Waals surface area contributed by atoms with Gasteiger partial charge in [-0.2, -0.15) is 0 Å². The smallest absolute Gasteiger partial charge is 0.223 e. The van der Waals surface area contributed by atoms with Crippen molar-refractivity contribution in [3.63, 3.8) is 0 Å². The summed E-state index contributed by atoms with van der Waals surface area (Å²) in [6.45, 7) is 2.02. The molecule has 3 aliphatic rings. The summed E-state index contributed by atoms with van der Waals surface area (Å²) in [5.41, 5.74) is 8.60. The van der Waals surface area contributed by atoms with Crippen molar-refractivity contribution in [3.05, 3.63) is 35.4 Å². The zero-order valence-corrected chi connectivity index (χ0v) is 17.3. The molecule has 6 heteroatoms. The molecule has 0 aromatic heterocycles. The molecule has 1 aliphatic heterocycles. The van der Waals surface area contributed by atoms with Crippen LogP contribution in [-0.2, 0) is 22.7 Å². The average Bonchev–Trinajstić information content (AvgIpc) is 3.05. The molecule has 0 radical (unpaired) electrons. The summed E-state index contributed by atoms with van der Waals surface area (Å²) in [4.78, 5) is 26.7. The number of halogens is 1. The lowest BCUT2D eigenvalue weighted by Gasteiger charge is -2.43. The van der Waals surface area contributed by atoms with Gasteiger partial charge in [0.1, 0.15) is 0 Å². The van der Waals surface area contributed by atoms with Crippen LogP contribution in [0.1, 0.15) is 56.1 Å². The highest BCUT2D eigenvalue weighted by Gasteiger charge is 2.40. The highest BCUT2D eigenvalue weighted by atomic mass is 35.5. The minimum Gasteiger partial charge on any atom is -0.352 e. The van der Waals surface area contributed by atoms with E-state index in [9.17, 15) is 9.59 Å². The van der Waals surface area contributed by atoms with E-state index in [1.807, 2.05) is 17.0 Å². The second-order valence-electron chi connectivity index (χ2n) is 8.60. The predicted molar refractivity (Wildman–Crippen MR) is 112 cm³/mol. The van der Waals surface area contributed by atoms with Crippen molar-refractivity contribution in [2.75, 3.05) is 6.54 Å². The van der Waals surface area contributed by atoms with E-state index in [0.717, 1.165) is 36.9 Å². The fourth-order valence-corrected chi connectivity index (χ4v) is 5.29. The Hall–Kier alpha value is -1.59. The SMILES string of the molecule is Cl.NC1C2CCCC1CC(C(=O)NCc1ccccc1CN1CCCC1=O)C2. The van der Waals surface area contributed by atoms with Gasteiger partial charge in [-0.15, -0.1) is 12.4 Å². The molecule has 1 aromatic rings. The van der Waals surface area contributed by atoms with Crippen molar-refractivity contribution in [3.8, 4) is 0 Å². The highest BCUT2D eigenvalue weighted by molar-refractivity contribution is 5.85. The van der Waals surface area contributed by atoms with Gasteiger partial charge in [-0.05, 0) is 55.1 Å². The normalized spacial score (nSPS) is 29.3. The molecule has 3 N–H and O–H groups in total. The maximum Gasteiger partial charge on any atom is 0.223 e. The van der Waals surface area contributed by atoms with Crippen LogP contribution in [0.3, 0.4) is 0 Å². The third-order valence-electron chi connectivity index (χ3n) is 6.89. The van der Waals surface area contributed by atoms with Crippen LogP contribution >= 0.6 is 12.4 Å². The number of benzene rings is 1. The summed E-state index contributed by atoms with van der Waals surface area (Å²) in [6, 6.07) is 8.42. The summed E-state index contributed by atoms with van der Waals surface area (Å²) in [5, 5.41) is 3.17. The van der Waals surface area contributed by atoms with E-state index in [-0.39, 0.29) is 30.1 Å². The molecule has 1 heterocycles. The summed E-state index contributed by atoms with van der Waals surface area (Å²) >= 11 is 0. The molecule has 2 unspecified atom stereocenters. The standard InChI is InChI=1S/C22H31N3O2.ClH/c23-21-15-7-3-8-16(21)12-19(11-15)22(27)24-13-17-5-1-2-6-18(17)14-25-10-4-9-20(25)26;/h1-2,5-6,15-16,19,21H,3-4,7-14,23H2,(H,24,27);1H. The number of carbonyl (C=O) groups excluding carboxylic acids is 2. The van der Waals surface area contributed by atoms with Crippen LogP contribution in [0.2, 0.25) is 0 Å². The third kappa shape index (κ3) is 4.52. The first-order valence-electron chi connectivity index (χ1n) is 10.5. The van der Waals surface area contributed by atoms with E-state index in [1.165, 1.54) is 19.3 Å². The number of likely N-dealkylation sites (tertiary alicyclic amines) is 1. The minimum atomic E-state index is 0. The van der Waals surface area contributed by atoms with E-state index < -0.39 is 0 Å². The topological polar surface area (TPSA) is 75.4 Å². The lowest BCUT2D eigenvalue weighted by Crippen LogP contribution is -2.49. The summed E-state index contributed by atoms with van der Waals surface area (Å²) in [5.74, 6) is 1.54. The third-order valence-corrected chi connectivity index (χ3v) is 6.89. The quantitative estimate of drug-likeness (QED) is 0.790. The maximum atomic E-state index is 12.8. The Balaban J connectivity index is 0.00000225. The first-order valence-corrected chi connectivity index (χ1v) is 10.5. The number of amides is 2. The van der Waals surface area contributed by atoms with Gasteiger partial charge in [0, 0.05) is 38.0 Å². The van der Waals surface area contributed by atoms with Crippen molar-refractivity contribution in [1.82, 2.24) is 10.2 Å². The Morgan fingerprint density at radius 3 is 2.43 bits per heavy atom. The number of carbonyl (C=O) groups is 2. The Morgan fingerprint density at radius 2 is 1.79 bits per heavy atom. The fraction of sp³-hybridized carbons (Fsp3) is 0.636. The Bertz CT molecular complexity index is 697. The molecule has 2 bridgehead atoms. The Kier molecular flexibility index (Phi) is 7.00. The second-order valence-corrected chi connectivity index (χ2v) is 8.60. The van der Waals surface area contributed by atoms with Gasteiger partial charge in [-0.1, -0.05) is 30.7 Å². The van der Waals surface area contributed by atoms with E-state index in [2.05, 4.69) is 17.4 Å². The van der Waals surface area contributed by atoms with E-state index >= 15 is 0 Å². The first-order chi connectivity index (χ1) is 13.1. The van der Waals surface area contributed by atoms with E-state index in [1.54, 1.807) is 0 Å². The van der Waals surface area contributed by atoms with Crippen molar-refractivity contribution >= 4 is 24.2 Å². The van der Waals surface area contributed by atoms with E-state index in [4.69, 9.17) is 5.73 Å². The van der Waals surface area contributed by atoms with Crippen LogP contribution in [0.5, 0.6) is 0 Å². The lowest BCUT2D eigenvalue weighted by atomic mass is 9.65. The number of nitrogens with two attached hydrogens (primary N) is 1. The molecule has 2 atom stereocenters. The molecule has 1 aromatic carbocycles. The number of rotatable bonds is 5. The molecule has 154 valence electrons. The highest BCUT2D eigenvalue weighted by Crippen LogP contribution is 2.41. The van der Waals surface area contributed by atoms with Crippen molar-refractivity contribution in [2.45, 2.75) is 64.1 Å². The average molecular weight is 406 g/mol. The van der Waals surface area contributed by atoms with Crippen molar-refractivity contribution in [2.24, 2.45) is 23.5 Å².